The summed E-state index contributed by atoms with van der Waals surface area (Å²) in [6.45, 7) is 4.97. The first kappa shape index (κ1) is 23.3. The third-order valence-corrected chi connectivity index (χ3v) is 7.11. The van der Waals surface area contributed by atoms with Gasteiger partial charge in [0.1, 0.15) is 13.2 Å². The van der Waals surface area contributed by atoms with Crippen LogP contribution in [0.4, 0.5) is 0 Å². The number of amides is 2. The molecular formula is C20H30N4O6S. The molecule has 1 aromatic rings. The van der Waals surface area contributed by atoms with E-state index in [0.29, 0.717) is 44.3 Å². The van der Waals surface area contributed by atoms with Crippen LogP contribution in [0.15, 0.2) is 23.1 Å². The molecule has 0 saturated carbocycles. The van der Waals surface area contributed by atoms with Crippen LogP contribution in [0.2, 0.25) is 0 Å². The molecule has 31 heavy (non-hydrogen) atoms. The van der Waals surface area contributed by atoms with Gasteiger partial charge >= 0.3 is 0 Å². The number of piperazine rings is 1. The molecule has 1 N–H and O–H groups in total. The van der Waals surface area contributed by atoms with Gasteiger partial charge in [0.2, 0.25) is 21.8 Å². The maximum atomic E-state index is 13.0. The number of sulfonamides is 1. The molecule has 2 aliphatic heterocycles. The van der Waals surface area contributed by atoms with Crippen LogP contribution in [0.1, 0.15) is 13.3 Å². The van der Waals surface area contributed by atoms with Gasteiger partial charge in [0.05, 0.1) is 18.0 Å². The molecule has 1 saturated heterocycles. The first-order chi connectivity index (χ1) is 14.8. The molecule has 0 bridgehead atoms. The predicted molar refractivity (Wildman–Crippen MR) is 114 cm³/mol. The summed E-state index contributed by atoms with van der Waals surface area (Å²) in [5, 5.41) is 2.74. The second-order valence-corrected chi connectivity index (χ2v) is 9.52. The molecule has 1 fully saturated rings. The van der Waals surface area contributed by atoms with E-state index < -0.39 is 10.0 Å². The summed E-state index contributed by atoms with van der Waals surface area (Å²) >= 11 is 0. The van der Waals surface area contributed by atoms with E-state index in [4.69, 9.17) is 9.47 Å². The van der Waals surface area contributed by atoms with Crippen molar-refractivity contribution in [1.29, 1.82) is 0 Å². The molecule has 2 heterocycles. The van der Waals surface area contributed by atoms with E-state index in [9.17, 15) is 18.0 Å². The zero-order valence-corrected chi connectivity index (χ0v) is 18.8. The lowest BCUT2D eigenvalue weighted by atomic mass is 10.3. The van der Waals surface area contributed by atoms with Crippen molar-refractivity contribution in [2.75, 3.05) is 66.1 Å². The molecule has 0 atom stereocenters. The average Bonchev–Trinajstić information content (AvgIpc) is 2.77. The number of benzene rings is 1. The SMILES string of the molecule is CCCNC(=O)CN(C)C(=O)CN1CCN(S(=O)(=O)c2ccc3c(c2)OCCO3)CC1. The first-order valence-electron chi connectivity index (χ1n) is 10.4. The van der Waals surface area contributed by atoms with Crippen molar-refractivity contribution in [2.24, 2.45) is 0 Å². The Morgan fingerprint density at radius 1 is 1.10 bits per heavy atom. The quantitative estimate of drug-likeness (QED) is 0.577. The van der Waals surface area contributed by atoms with E-state index in [2.05, 4.69) is 5.32 Å². The summed E-state index contributed by atoms with van der Waals surface area (Å²) in [6, 6.07) is 4.64. The Morgan fingerprint density at radius 3 is 2.45 bits per heavy atom. The summed E-state index contributed by atoms with van der Waals surface area (Å²) in [5.74, 6) is 0.617. The topological polar surface area (TPSA) is 108 Å². The van der Waals surface area contributed by atoms with Gasteiger partial charge in [-0.25, -0.2) is 8.42 Å². The van der Waals surface area contributed by atoms with Gasteiger partial charge in [0, 0.05) is 45.8 Å². The van der Waals surface area contributed by atoms with Crippen LogP contribution in [-0.4, -0.2) is 100 Å². The zero-order valence-electron chi connectivity index (χ0n) is 18.0. The highest BCUT2D eigenvalue weighted by atomic mass is 32.2. The van der Waals surface area contributed by atoms with Crippen molar-refractivity contribution in [1.82, 2.24) is 19.4 Å². The Labute approximate surface area is 183 Å². The summed E-state index contributed by atoms with van der Waals surface area (Å²) < 4.78 is 38.4. The third-order valence-electron chi connectivity index (χ3n) is 5.22. The Balaban J connectivity index is 1.52. The minimum Gasteiger partial charge on any atom is -0.486 e. The highest BCUT2D eigenvalue weighted by molar-refractivity contribution is 7.89. The second kappa shape index (κ2) is 10.3. The molecule has 2 amide bonds. The van der Waals surface area contributed by atoms with Crippen LogP contribution < -0.4 is 14.8 Å². The summed E-state index contributed by atoms with van der Waals surface area (Å²) in [5.41, 5.74) is 0. The van der Waals surface area contributed by atoms with Gasteiger partial charge in [-0.15, -0.1) is 0 Å². The van der Waals surface area contributed by atoms with Crippen molar-refractivity contribution in [3.8, 4) is 11.5 Å². The molecule has 0 spiro atoms. The zero-order chi connectivity index (χ0) is 22.4. The molecule has 2 aliphatic rings. The first-order valence-corrected chi connectivity index (χ1v) is 11.9. The summed E-state index contributed by atoms with van der Waals surface area (Å²) in [7, 11) is -2.07. The maximum absolute atomic E-state index is 13.0. The van der Waals surface area contributed by atoms with Crippen LogP contribution in [0.25, 0.3) is 0 Å². The number of ether oxygens (including phenoxy) is 2. The van der Waals surface area contributed by atoms with Gasteiger partial charge in [0.25, 0.3) is 0 Å². The summed E-state index contributed by atoms with van der Waals surface area (Å²) in [6.07, 6.45) is 0.836. The van der Waals surface area contributed by atoms with Crippen LogP contribution in [0, 0.1) is 0 Å². The van der Waals surface area contributed by atoms with E-state index in [1.165, 1.54) is 21.3 Å². The smallest absolute Gasteiger partial charge is 0.243 e. The fourth-order valence-corrected chi connectivity index (χ4v) is 4.84. The molecule has 1 aromatic carbocycles. The van der Waals surface area contributed by atoms with Gasteiger partial charge in [0.15, 0.2) is 11.5 Å². The molecule has 0 unspecified atom stereocenters. The van der Waals surface area contributed by atoms with E-state index in [0.717, 1.165) is 6.42 Å². The van der Waals surface area contributed by atoms with Crippen LogP contribution in [0.3, 0.4) is 0 Å². The monoisotopic (exact) mass is 454 g/mol. The van der Waals surface area contributed by atoms with E-state index in [-0.39, 0.29) is 42.9 Å². The number of nitrogens with one attached hydrogen (secondary N) is 1. The van der Waals surface area contributed by atoms with Crippen LogP contribution >= 0.6 is 0 Å². The number of nitrogens with zero attached hydrogens (tertiary/aromatic N) is 3. The largest absolute Gasteiger partial charge is 0.486 e. The molecule has 172 valence electrons. The predicted octanol–water partition coefficient (Wildman–Crippen LogP) is -0.251. The van der Waals surface area contributed by atoms with Gasteiger partial charge in [-0.1, -0.05) is 6.92 Å². The van der Waals surface area contributed by atoms with Gasteiger partial charge < -0.3 is 19.7 Å². The lowest BCUT2D eigenvalue weighted by Crippen LogP contribution is -2.51. The van der Waals surface area contributed by atoms with Crippen molar-refractivity contribution in [3.63, 3.8) is 0 Å². The van der Waals surface area contributed by atoms with Crippen LogP contribution in [0.5, 0.6) is 11.5 Å². The normalized spacial score (nSPS) is 17.2. The Kier molecular flexibility index (Phi) is 7.74. The standard InChI is InChI=1S/C20H30N4O6S/c1-3-6-21-19(25)14-22(2)20(26)15-23-7-9-24(10-8-23)31(27,28)16-4-5-17-18(13-16)30-12-11-29-17/h4-5,13H,3,6-12,14-15H2,1-2H3,(H,21,25). The number of rotatable bonds is 8. The highest BCUT2D eigenvalue weighted by Gasteiger charge is 2.30. The molecule has 0 aliphatic carbocycles. The maximum Gasteiger partial charge on any atom is 0.243 e. The average molecular weight is 455 g/mol. The fourth-order valence-electron chi connectivity index (χ4n) is 3.40. The van der Waals surface area contributed by atoms with E-state index in [1.807, 2.05) is 11.8 Å². The number of hydrogen-bond acceptors (Lipinski definition) is 7. The fraction of sp³-hybridized carbons (Fsp3) is 0.600. The Morgan fingerprint density at radius 2 is 1.77 bits per heavy atom. The van der Waals surface area contributed by atoms with Crippen molar-refractivity contribution in [3.05, 3.63) is 18.2 Å². The second-order valence-electron chi connectivity index (χ2n) is 7.59. The van der Waals surface area contributed by atoms with Gasteiger partial charge in [-0.2, -0.15) is 4.31 Å². The minimum absolute atomic E-state index is 0.0112. The molecule has 0 radical (unpaired) electrons. The molecule has 11 heteroatoms. The van der Waals surface area contributed by atoms with Crippen LogP contribution in [-0.2, 0) is 19.6 Å². The highest BCUT2D eigenvalue weighted by Crippen LogP contribution is 2.33. The number of carbonyl (C=O) groups is 2. The lowest BCUT2D eigenvalue weighted by Gasteiger charge is -2.34. The van der Waals surface area contributed by atoms with Gasteiger partial charge in [-0.05, 0) is 18.6 Å². The Bertz CT molecular complexity index is 899. The molecule has 0 aromatic heterocycles. The molecule has 10 nitrogen and oxygen atoms in total. The van der Waals surface area contributed by atoms with Crippen molar-refractivity contribution >= 4 is 21.8 Å². The van der Waals surface area contributed by atoms with Crippen molar-refractivity contribution < 1.29 is 27.5 Å². The number of fused-ring (bicyclic) bond motifs is 1. The Hall–Kier alpha value is -2.37. The molecule has 3 rings (SSSR count). The number of carbonyl (C=O) groups excluding carboxylic acids is 2. The third kappa shape index (κ3) is 5.86. The molecular weight excluding hydrogens is 424 g/mol. The number of hydrogen-bond donors (Lipinski definition) is 1. The van der Waals surface area contributed by atoms with Crippen molar-refractivity contribution in [2.45, 2.75) is 18.2 Å². The lowest BCUT2D eigenvalue weighted by molar-refractivity contribution is -0.135. The minimum atomic E-state index is -3.67. The van der Waals surface area contributed by atoms with Gasteiger partial charge in [-0.3, -0.25) is 14.5 Å². The van der Waals surface area contributed by atoms with E-state index >= 15 is 0 Å². The number of likely N-dealkylation sites (N-methyl/N-ethyl adjacent to an activating group) is 1. The summed E-state index contributed by atoms with van der Waals surface area (Å²) in [4.78, 5) is 27.6. The van der Waals surface area contributed by atoms with E-state index in [1.54, 1.807) is 13.1 Å².